The maximum absolute atomic E-state index is 11.8. The minimum absolute atomic E-state index is 0. The van der Waals surface area contributed by atoms with Crippen LogP contribution in [0.15, 0.2) is 18.2 Å². The molecule has 1 heterocycles. The summed E-state index contributed by atoms with van der Waals surface area (Å²) in [6.45, 7) is 4.54. The van der Waals surface area contributed by atoms with Crippen molar-refractivity contribution in [3.05, 3.63) is 23.8 Å². The van der Waals surface area contributed by atoms with E-state index in [0.717, 1.165) is 13.1 Å². The number of fused-ring (bicyclic) bond motifs is 1. The van der Waals surface area contributed by atoms with E-state index in [2.05, 4.69) is 10.6 Å². The summed E-state index contributed by atoms with van der Waals surface area (Å²) >= 11 is 0. The molecule has 0 radical (unpaired) electrons. The zero-order valence-electron chi connectivity index (χ0n) is 10.2. The van der Waals surface area contributed by atoms with Crippen molar-refractivity contribution in [3.8, 4) is 11.5 Å². The number of nitrogens with one attached hydrogen (secondary N) is 2. The Morgan fingerprint density at radius 1 is 1.28 bits per heavy atom. The molecule has 6 heteroatoms. The topological polar surface area (TPSA) is 59.6 Å². The zero-order chi connectivity index (χ0) is 12.1. The standard InChI is InChI=1S/C12H16N2O3.ClH/c1-2-13-5-6-14-12(15)9-3-4-10-11(7-9)17-8-16-10;/h3-4,7,13H,2,5-6,8H2,1H3,(H,14,15);1H. The molecule has 1 aliphatic heterocycles. The Morgan fingerprint density at radius 3 is 2.83 bits per heavy atom. The van der Waals surface area contributed by atoms with Crippen molar-refractivity contribution in [1.29, 1.82) is 0 Å². The highest BCUT2D eigenvalue weighted by molar-refractivity contribution is 5.94. The predicted molar refractivity (Wildman–Crippen MR) is 70.7 cm³/mol. The number of hydrogen-bond donors (Lipinski definition) is 2. The van der Waals surface area contributed by atoms with E-state index in [0.29, 0.717) is 23.6 Å². The molecule has 0 bridgehead atoms. The smallest absolute Gasteiger partial charge is 0.251 e. The monoisotopic (exact) mass is 272 g/mol. The second-order valence-electron chi connectivity index (χ2n) is 3.68. The quantitative estimate of drug-likeness (QED) is 0.790. The van der Waals surface area contributed by atoms with Crippen molar-refractivity contribution in [1.82, 2.24) is 10.6 Å². The fourth-order valence-corrected chi connectivity index (χ4v) is 1.58. The van der Waals surface area contributed by atoms with Gasteiger partial charge in [0.2, 0.25) is 6.79 Å². The third-order valence-corrected chi connectivity index (χ3v) is 2.47. The molecule has 18 heavy (non-hydrogen) atoms. The molecule has 0 unspecified atom stereocenters. The first-order valence-corrected chi connectivity index (χ1v) is 5.70. The highest BCUT2D eigenvalue weighted by atomic mass is 35.5. The van der Waals surface area contributed by atoms with Gasteiger partial charge in [0.05, 0.1) is 0 Å². The van der Waals surface area contributed by atoms with Crippen molar-refractivity contribution in [3.63, 3.8) is 0 Å². The first-order valence-electron chi connectivity index (χ1n) is 5.70. The van der Waals surface area contributed by atoms with Crippen molar-refractivity contribution < 1.29 is 14.3 Å². The Labute approximate surface area is 112 Å². The number of likely N-dealkylation sites (N-methyl/N-ethyl adjacent to an activating group) is 1. The average Bonchev–Trinajstić information content (AvgIpc) is 2.81. The van der Waals surface area contributed by atoms with Crippen molar-refractivity contribution in [2.75, 3.05) is 26.4 Å². The number of halogens is 1. The average molecular weight is 273 g/mol. The van der Waals surface area contributed by atoms with Gasteiger partial charge in [-0.05, 0) is 24.7 Å². The van der Waals surface area contributed by atoms with E-state index in [1.165, 1.54) is 0 Å². The first kappa shape index (κ1) is 14.6. The molecule has 1 aliphatic rings. The number of benzene rings is 1. The molecule has 1 aromatic carbocycles. The molecule has 5 nitrogen and oxygen atoms in total. The molecule has 0 aliphatic carbocycles. The van der Waals surface area contributed by atoms with Crippen LogP contribution >= 0.6 is 12.4 Å². The highest BCUT2D eigenvalue weighted by Crippen LogP contribution is 2.32. The highest BCUT2D eigenvalue weighted by Gasteiger charge is 2.15. The van der Waals surface area contributed by atoms with E-state index < -0.39 is 0 Å². The van der Waals surface area contributed by atoms with E-state index in [1.54, 1.807) is 18.2 Å². The number of carbonyl (C=O) groups is 1. The van der Waals surface area contributed by atoms with Gasteiger partial charge < -0.3 is 20.1 Å². The van der Waals surface area contributed by atoms with Gasteiger partial charge in [0, 0.05) is 18.7 Å². The lowest BCUT2D eigenvalue weighted by molar-refractivity contribution is 0.0953. The van der Waals surface area contributed by atoms with Crippen molar-refractivity contribution in [2.45, 2.75) is 6.92 Å². The Hall–Kier alpha value is -1.46. The molecule has 1 amide bonds. The molecule has 0 fully saturated rings. The van der Waals surface area contributed by atoms with Gasteiger partial charge in [0.25, 0.3) is 5.91 Å². The van der Waals surface area contributed by atoms with Crippen LogP contribution in [0.1, 0.15) is 17.3 Å². The van der Waals surface area contributed by atoms with Gasteiger partial charge >= 0.3 is 0 Å². The minimum Gasteiger partial charge on any atom is -0.454 e. The SMILES string of the molecule is CCNCCNC(=O)c1ccc2c(c1)OCO2.Cl. The summed E-state index contributed by atoms with van der Waals surface area (Å²) in [5, 5.41) is 5.96. The number of ether oxygens (including phenoxy) is 2. The van der Waals surface area contributed by atoms with Gasteiger partial charge in [-0.25, -0.2) is 0 Å². The van der Waals surface area contributed by atoms with E-state index >= 15 is 0 Å². The molecule has 100 valence electrons. The zero-order valence-corrected chi connectivity index (χ0v) is 11.0. The van der Waals surface area contributed by atoms with E-state index in [4.69, 9.17) is 9.47 Å². The lowest BCUT2D eigenvalue weighted by Crippen LogP contribution is -2.31. The fraction of sp³-hybridized carbons (Fsp3) is 0.417. The molecule has 0 atom stereocenters. The Balaban J connectivity index is 0.00000162. The van der Waals surface area contributed by atoms with E-state index in [9.17, 15) is 4.79 Å². The van der Waals surface area contributed by atoms with Gasteiger partial charge in [0.1, 0.15) is 0 Å². The van der Waals surface area contributed by atoms with Gasteiger partial charge in [0.15, 0.2) is 11.5 Å². The van der Waals surface area contributed by atoms with Gasteiger partial charge in [-0.3, -0.25) is 4.79 Å². The van der Waals surface area contributed by atoms with Crippen LogP contribution in [-0.4, -0.2) is 32.3 Å². The van der Waals surface area contributed by atoms with Crippen LogP contribution in [0, 0.1) is 0 Å². The van der Waals surface area contributed by atoms with Gasteiger partial charge in [-0.2, -0.15) is 0 Å². The van der Waals surface area contributed by atoms with Gasteiger partial charge in [-0.15, -0.1) is 12.4 Å². The maximum atomic E-state index is 11.8. The van der Waals surface area contributed by atoms with Gasteiger partial charge in [-0.1, -0.05) is 6.92 Å². The summed E-state index contributed by atoms with van der Waals surface area (Å²) in [5.74, 6) is 1.22. The number of rotatable bonds is 5. The minimum atomic E-state index is -0.0961. The normalized spacial score (nSPS) is 11.8. The van der Waals surface area contributed by atoms with E-state index in [1.807, 2.05) is 6.92 Å². The predicted octanol–water partition coefficient (Wildman–Crippen LogP) is 1.18. The summed E-state index contributed by atoms with van der Waals surface area (Å²) < 4.78 is 10.4. The van der Waals surface area contributed by atoms with Crippen molar-refractivity contribution in [2.24, 2.45) is 0 Å². The maximum Gasteiger partial charge on any atom is 0.251 e. The molecule has 0 saturated heterocycles. The number of hydrogen-bond acceptors (Lipinski definition) is 4. The van der Waals surface area contributed by atoms with Crippen LogP contribution in [0.4, 0.5) is 0 Å². The summed E-state index contributed by atoms with van der Waals surface area (Å²) in [7, 11) is 0. The molecule has 1 aromatic rings. The molecule has 2 N–H and O–H groups in total. The number of carbonyl (C=O) groups excluding carboxylic acids is 1. The van der Waals surface area contributed by atoms with Crippen LogP contribution in [-0.2, 0) is 0 Å². The fourth-order valence-electron chi connectivity index (χ4n) is 1.58. The Kier molecular flexibility index (Phi) is 5.74. The summed E-state index contributed by atoms with van der Waals surface area (Å²) in [6, 6.07) is 5.18. The lowest BCUT2D eigenvalue weighted by Gasteiger charge is -2.06. The third-order valence-electron chi connectivity index (χ3n) is 2.47. The molecule has 0 spiro atoms. The first-order chi connectivity index (χ1) is 8.31. The Bertz CT molecular complexity index is 412. The molecular formula is C12H17ClN2O3. The lowest BCUT2D eigenvalue weighted by atomic mass is 10.2. The van der Waals surface area contributed by atoms with E-state index in [-0.39, 0.29) is 25.1 Å². The van der Waals surface area contributed by atoms with Crippen LogP contribution < -0.4 is 20.1 Å². The second kappa shape index (κ2) is 7.08. The van der Waals surface area contributed by atoms with Crippen LogP contribution in [0.25, 0.3) is 0 Å². The summed E-state index contributed by atoms with van der Waals surface area (Å²) in [6.07, 6.45) is 0. The second-order valence-corrected chi connectivity index (χ2v) is 3.68. The third kappa shape index (κ3) is 3.51. The molecule has 0 saturated carbocycles. The van der Waals surface area contributed by atoms with Crippen molar-refractivity contribution >= 4 is 18.3 Å². The van der Waals surface area contributed by atoms with Crippen LogP contribution in [0.2, 0.25) is 0 Å². The largest absolute Gasteiger partial charge is 0.454 e. The molecule has 0 aromatic heterocycles. The van der Waals surface area contributed by atoms with Crippen LogP contribution in [0.5, 0.6) is 11.5 Å². The molecular weight excluding hydrogens is 256 g/mol. The summed E-state index contributed by atoms with van der Waals surface area (Å²) in [5.41, 5.74) is 0.589. The Morgan fingerprint density at radius 2 is 2.06 bits per heavy atom. The van der Waals surface area contributed by atoms with Crippen LogP contribution in [0.3, 0.4) is 0 Å². The molecule has 2 rings (SSSR count). The summed E-state index contributed by atoms with van der Waals surface area (Å²) in [4.78, 5) is 11.8. The number of amides is 1.